The van der Waals surface area contributed by atoms with Crippen molar-refractivity contribution in [3.63, 3.8) is 0 Å². The van der Waals surface area contributed by atoms with E-state index in [4.69, 9.17) is 10.2 Å². The van der Waals surface area contributed by atoms with Crippen molar-refractivity contribution in [2.45, 2.75) is 0 Å². The number of rotatable bonds is 4. The molecule has 0 unspecified atom stereocenters. The summed E-state index contributed by atoms with van der Waals surface area (Å²) < 4.78 is 0. The summed E-state index contributed by atoms with van der Waals surface area (Å²) in [6.45, 7) is 0. The predicted octanol–water partition coefficient (Wildman–Crippen LogP) is 2.29. The van der Waals surface area contributed by atoms with Crippen molar-refractivity contribution in [2.75, 3.05) is 0 Å². The van der Waals surface area contributed by atoms with E-state index in [2.05, 4.69) is 20.2 Å². The molecule has 2 rings (SSSR count). The molecule has 0 aromatic carbocycles. The Morgan fingerprint density at radius 2 is 1.20 bits per heavy atom. The molecule has 8 heteroatoms. The van der Waals surface area contributed by atoms with Crippen LogP contribution in [0.25, 0.3) is 0 Å². The summed E-state index contributed by atoms with van der Waals surface area (Å²) in [6, 6.07) is 5.51. The van der Waals surface area contributed by atoms with Gasteiger partial charge in [-0.15, -0.1) is 10.2 Å². The lowest BCUT2D eigenvalue weighted by atomic mass is 10.3. The second kappa shape index (κ2) is 5.65. The first kappa shape index (κ1) is 13.3. The van der Waals surface area contributed by atoms with E-state index in [0.717, 1.165) is 12.4 Å². The highest BCUT2D eigenvalue weighted by atomic mass is 16.4. The first-order valence-electron chi connectivity index (χ1n) is 5.37. The third-order valence-electron chi connectivity index (χ3n) is 2.24. The van der Waals surface area contributed by atoms with Crippen LogP contribution in [-0.4, -0.2) is 32.1 Å². The minimum absolute atomic E-state index is 0.0490. The Morgan fingerprint density at radius 1 is 0.800 bits per heavy atom. The average molecular weight is 272 g/mol. The zero-order chi connectivity index (χ0) is 14.5. The molecular weight excluding hydrogens is 264 g/mol. The molecule has 0 aliphatic rings. The van der Waals surface area contributed by atoms with Crippen LogP contribution in [0, 0.1) is 0 Å². The topological polar surface area (TPSA) is 125 Å². The van der Waals surface area contributed by atoms with Gasteiger partial charge in [-0.05, 0) is 24.3 Å². The van der Waals surface area contributed by atoms with Gasteiger partial charge in [-0.1, -0.05) is 0 Å². The van der Waals surface area contributed by atoms with Crippen molar-refractivity contribution < 1.29 is 19.8 Å². The maximum atomic E-state index is 10.6. The molecule has 0 saturated heterocycles. The van der Waals surface area contributed by atoms with Crippen LogP contribution in [0.15, 0.2) is 46.9 Å². The van der Waals surface area contributed by atoms with Crippen LogP contribution in [-0.2, 0) is 0 Å². The number of hydrogen-bond donors (Lipinski definition) is 2. The molecule has 0 radical (unpaired) electrons. The van der Waals surface area contributed by atoms with Crippen molar-refractivity contribution in [3.05, 3.63) is 47.8 Å². The molecule has 0 aliphatic heterocycles. The Bertz CT molecular complexity index is 605. The van der Waals surface area contributed by atoms with Gasteiger partial charge in [0.05, 0.1) is 11.1 Å². The standard InChI is InChI=1S/C12H8N4O4/c17-11(18)7-1-3-9(13-5-7)15-16-10-4-2-8(6-14-10)12(19)20/h1-6H,(H,17,18)(H,19,20). The zero-order valence-corrected chi connectivity index (χ0v) is 9.96. The van der Waals surface area contributed by atoms with Gasteiger partial charge in [0.1, 0.15) is 0 Å². The normalized spacial score (nSPS) is 10.6. The number of pyridine rings is 2. The Kier molecular flexibility index (Phi) is 3.75. The second-order valence-corrected chi connectivity index (χ2v) is 3.62. The van der Waals surface area contributed by atoms with E-state index in [0.29, 0.717) is 0 Å². The van der Waals surface area contributed by atoms with Gasteiger partial charge < -0.3 is 10.2 Å². The number of nitrogens with zero attached hydrogens (tertiary/aromatic N) is 4. The van der Waals surface area contributed by atoms with Crippen LogP contribution < -0.4 is 0 Å². The van der Waals surface area contributed by atoms with Crippen LogP contribution >= 0.6 is 0 Å². The number of aromatic nitrogens is 2. The molecule has 0 atom stereocenters. The van der Waals surface area contributed by atoms with Crippen LogP contribution in [0.4, 0.5) is 11.6 Å². The van der Waals surface area contributed by atoms with E-state index in [1.165, 1.54) is 24.3 Å². The van der Waals surface area contributed by atoms with Crippen molar-refractivity contribution in [2.24, 2.45) is 10.2 Å². The van der Waals surface area contributed by atoms with Crippen LogP contribution in [0.5, 0.6) is 0 Å². The maximum absolute atomic E-state index is 10.6. The number of aromatic carboxylic acids is 2. The molecule has 2 N–H and O–H groups in total. The van der Waals surface area contributed by atoms with E-state index in [1.807, 2.05) is 0 Å². The van der Waals surface area contributed by atoms with Gasteiger partial charge in [0.25, 0.3) is 0 Å². The smallest absolute Gasteiger partial charge is 0.337 e. The first-order valence-corrected chi connectivity index (χ1v) is 5.37. The van der Waals surface area contributed by atoms with Gasteiger partial charge in [-0.25, -0.2) is 19.6 Å². The monoisotopic (exact) mass is 272 g/mol. The summed E-state index contributed by atoms with van der Waals surface area (Å²) in [6.07, 6.45) is 2.33. The van der Waals surface area contributed by atoms with E-state index >= 15 is 0 Å². The highest BCUT2D eigenvalue weighted by Crippen LogP contribution is 2.14. The summed E-state index contributed by atoms with van der Waals surface area (Å²) in [5.41, 5.74) is 0.0979. The molecule has 0 aliphatic carbocycles. The summed E-state index contributed by atoms with van der Waals surface area (Å²) >= 11 is 0. The van der Waals surface area contributed by atoms with Gasteiger partial charge in [0.15, 0.2) is 11.6 Å². The van der Waals surface area contributed by atoms with Gasteiger partial charge in [0.2, 0.25) is 0 Å². The van der Waals surface area contributed by atoms with E-state index in [9.17, 15) is 9.59 Å². The lowest BCUT2D eigenvalue weighted by Crippen LogP contribution is -1.96. The van der Waals surface area contributed by atoms with Crippen molar-refractivity contribution in [1.29, 1.82) is 0 Å². The minimum atomic E-state index is -1.08. The van der Waals surface area contributed by atoms with E-state index in [-0.39, 0.29) is 22.8 Å². The number of carboxylic acid groups (broad SMARTS) is 2. The predicted molar refractivity (Wildman–Crippen MR) is 66.6 cm³/mol. The molecule has 0 spiro atoms. The minimum Gasteiger partial charge on any atom is -0.478 e. The second-order valence-electron chi connectivity index (χ2n) is 3.62. The Hall–Kier alpha value is -3.16. The number of hydrogen-bond acceptors (Lipinski definition) is 6. The largest absolute Gasteiger partial charge is 0.478 e. The van der Waals surface area contributed by atoms with Gasteiger partial charge >= 0.3 is 11.9 Å². The van der Waals surface area contributed by atoms with Crippen LogP contribution in [0.2, 0.25) is 0 Å². The summed E-state index contributed by atoms with van der Waals surface area (Å²) in [5, 5.41) is 24.9. The molecule has 2 heterocycles. The Balaban J connectivity index is 2.12. The molecule has 0 bridgehead atoms. The number of azo groups is 1. The number of carboxylic acids is 2. The molecular formula is C12H8N4O4. The van der Waals surface area contributed by atoms with Crippen LogP contribution in [0.3, 0.4) is 0 Å². The fourth-order valence-electron chi connectivity index (χ4n) is 1.25. The zero-order valence-electron chi connectivity index (χ0n) is 9.96. The highest BCUT2D eigenvalue weighted by Gasteiger charge is 2.03. The SMILES string of the molecule is O=C(O)c1ccc(N=Nc2ccc(C(=O)O)cn2)nc1. The lowest BCUT2D eigenvalue weighted by molar-refractivity contribution is 0.0685. The molecule has 0 saturated carbocycles. The van der Waals surface area contributed by atoms with Crippen molar-refractivity contribution in [1.82, 2.24) is 9.97 Å². The van der Waals surface area contributed by atoms with Gasteiger partial charge in [0, 0.05) is 12.4 Å². The molecule has 20 heavy (non-hydrogen) atoms. The van der Waals surface area contributed by atoms with Gasteiger partial charge in [-0.2, -0.15) is 0 Å². The summed E-state index contributed by atoms with van der Waals surface area (Å²) in [7, 11) is 0. The Morgan fingerprint density at radius 3 is 1.45 bits per heavy atom. The molecule has 2 aromatic heterocycles. The summed E-state index contributed by atoms with van der Waals surface area (Å²) in [4.78, 5) is 28.8. The fraction of sp³-hybridized carbons (Fsp3) is 0. The third kappa shape index (κ3) is 3.19. The molecule has 0 fully saturated rings. The fourth-order valence-corrected chi connectivity index (χ4v) is 1.25. The molecule has 100 valence electrons. The Labute approximate surface area is 112 Å². The maximum Gasteiger partial charge on any atom is 0.337 e. The van der Waals surface area contributed by atoms with Crippen molar-refractivity contribution in [3.8, 4) is 0 Å². The quantitative estimate of drug-likeness (QED) is 0.822. The van der Waals surface area contributed by atoms with Gasteiger partial charge in [-0.3, -0.25) is 0 Å². The summed E-state index contributed by atoms with van der Waals surface area (Å²) in [5.74, 6) is -1.71. The van der Waals surface area contributed by atoms with E-state index < -0.39 is 11.9 Å². The number of carbonyl (C=O) groups is 2. The molecule has 8 nitrogen and oxygen atoms in total. The van der Waals surface area contributed by atoms with E-state index in [1.54, 1.807) is 0 Å². The third-order valence-corrected chi connectivity index (χ3v) is 2.24. The lowest BCUT2D eigenvalue weighted by Gasteiger charge is -1.95. The molecule has 0 amide bonds. The first-order chi connectivity index (χ1) is 9.56. The highest BCUT2D eigenvalue weighted by molar-refractivity contribution is 5.87. The van der Waals surface area contributed by atoms with Crippen LogP contribution in [0.1, 0.15) is 20.7 Å². The van der Waals surface area contributed by atoms with Crippen molar-refractivity contribution >= 4 is 23.6 Å². The molecule has 2 aromatic rings. The average Bonchev–Trinajstić information content (AvgIpc) is 2.46.